The Bertz CT molecular complexity index is 2160. The van der Waals surface area contributed by atoms with Gasteiger partial charge in [0.25, 0.3) is 6.04 Å². The van der Waals surface area contributed by atoms with Gasteiger partial charge in [0.1, 0.15) is 11.5 Å². The monoisotopic (exact) mass is 551 g/mol. The summed E-state index contributed by atoms with van der Waals surface area (Å²) >= 11 is 0. The minimum Gasteiger partial charge on any atom is -0.497 e. The first-order chi connectivity index (χ1) is 20.6. The first-order valence-corrected chi connectivity index (χ1v) is 13.7. The highest BCUT2D eigenvalue weighted by atomic mass is 16.5. The fourth-order valence-corrected chi connectivity index (χ4v) is 6.07. The first kappa shape index (κ1) is 25.5. The molecule has 0 aliphatic heterocycles. The van der Waals surface area contributed by atoms with Gasteiger partial charge in [-0.25, -0.2) is 9.78 Å². The second-order valence-electron chi connectivity index (χ2n) is 10.2. The van der Waals surface area contributed by atoms with Crippen molar-refractivity contribution in [2.75, 3.05) is 14.2 Å². The van der Waals surface area contributed by atoms with Crippen LogP contribution in [0.3, 0.4) is 0 Å². The van der Waals surface area contributed by atoms with Gasteiger partial charge in [0.15, 0.2) is 0 Å². The SMILES string of the molecule is COc1ccc2nc3ccccc3c(-c3c4ccccc4[n+](C(C(=O)O)c4ccccc4)c4ccc(OC)cc34)c2c1. The van der Waals surface area contributed by atoms with Gasteiger partial charge in [-0.1, -0.05) is 60.7 Å². The molecule has 7 rings (SSSR count). The maximum Gasteiger partial charge on any atom is 0.378 e. The Morgan fingerprint density at radius 1 is 0.643 bits per heavy atom. The summed E-state index contributed by atoms with van der Waals surface area (Å²) in [5.41, 5.74) is 5.96. The summed E-state index contributed by atoms with van der Waals surface area (Å²) in [5.74, 6) is 0.469. The summed E-state index contributed by atoms with van der Waals surface area (Å²) in [6.45, 7) is 0. The van der Waals surface area contributed by atoms with Crippen LogP contribution in [0.15, 0.2) is 115 Å². The lowest BCUT2D eigenvalue weighted by Gasteiger charge is -2.19. The van der Waals surface area contributed by atoms with E-state index in [0.717, 1.165) is 60.5 Å². The summed E-state index contributed by atoms with van der Waals surface area (Å²) in [4.78, 5) is 18.0. The number of aliphatic carboxylic acids is 1. The highest BCUT2D eigenvalue weighted by molar-refractivity contribution is 6.20. The topological polar surface area (TPSA) is 72.5 Å². The van der Waals surface area contributed by atoms with E-state index in [1.165, 1.54) is 0 Å². The molecule has 2 heterocycles. The molecule has 42 heavy (non-hydrogen) atoms. The Balaban J connectivity index is 1.73. The molecule has 1 unspecified atom stereocenters. The second-order valence-corrected chi connectivity index (χ2v) is 10.2. The Morgan fingerprint density at radius 3 is 1.95 bits per heavy atom. The number of nitrogens with zero attached hydrogens (tertiary/aromatic N) is 2. The number of pyridine rings is 2. The van der Waals surface area contributed by atoms with Crippen LogP contribution in [0.1, 0.15) is 11.6 Å². The predicted octanol–water partition coefficient (Wildman–Crippen LogP) is 7.34. The highest BCUT2D eigenvalue weighted by Crippen LogP contribution is 2.43. The Morgan fingerprint density at radius 2 is 1.21 bits per heavy atom. The maximum absolute atomic E-state index is 13.0. The van der Waals surface area contributed by atoms with Crippen LogP contribution < -0.4 is 14.0 Å². The molecule has 0 saturated carbocycles. The van der Waals surface area contributed by atoms with Crippen molar-refractivity contribution in [1.29, 1.82) is 0 Å². The van der Waals surface area contributed by atoms with Gasteiger partial charge >= 0.3 is 5.97 Å². The second kappa shape index (κ2) is 10.2. The number of methoxy groups -OCH3 is 2. The minimum absolute atomic E-state index is 0.678. The Labute approximate surface area is 242 Å². The van der Waals surface area contributed by atoms with Crippen LogP contribution in [-0.4, -0.2) is 30.3 Å². The number of hydrogen-bond donors (Lipinski definition) is 1. The number of para-hydroxylation sites is 2. The lowest BCUT2D eigenvalue weighted by molar-refractivity contribution is -0.651. The molecular formula is C36H27N2O4+. The van der Waals surface area contributed by atoms with Gasteiger partial charge in [-0.05, 0) is 42.5 Å². The number of ether oxygens (including phenoxy) is 2. The van der Waals surface area contributed by atoms with Crippen molar-refractivity contribution in [3.63, 3.8) is 0 Å². The van der Waals surface area contributed by atoms with E-state index in [0.29, 0.717) is 11.3 Å². The van der Waals surface area contributed by atoms with Crippen LogP contribution in [0.2, 0.25) is 0 Å². The lowest BCUT2D eigenvalue weighted by Crippen LogP contribution is -2.46. The van der Waals surface area contributed by atoms with Crippen molar-refractivity contribution in [2.24, 2.45) is 0 Å². The third-order valence-electron chi connectivity index (χ3n) is 7.91. The quantitative estimate of drug-likeness (QED) is 0.173. The number of fused-ring (bicyclic) bond motifs is 4. The Kier molecular flexibility index (Phi) is 6.16. The molecule has 5 aromatic carbocycles. The summed E-state index contributed by atoms with van der Waals surface area (Å²) in [6, 6.07) is 36.3. The minimum atomic E-state index is -0.952. The molecule has 6 nitrogen and oxygen atoms in total. The van der Waals surface area contributed by atoms with E-state index in [9.17, 15) is 9.90 Å². The van der Waals surface area contributed by atoms with E-state index >= 15 is 0 Å². The zero-order valence-electron chi connectivity index (χ0n) is 23.1. The van der Waals surface area contributed by atoms with E-state index in [1.807, 2.05) is 108 Å². The van der Waals surface area contributed by atoms with Crippen molar-refractivity contribution in [1.82, 2.24) is 4.98 Å². The predicted molar refractivity (Wildman–Crippen MR) is 165 cm³/mol. The van der Waals surface area contributed by atoms with Gasteiger partial charge in [0, 0.05) is 39.6 Å². The molecule has 7 aromatic rings. The Hall–Kier alpha value is -5.49. The van der Waals surface area contributed by atoms with Crippen LogP contribution in [-0.2, 0) is 4.79 Å². The average molecular weight is 552 g/mol. The van der Waals surface area contributed by atoms with Crippen molar-refractivity contribution >= 4 is 49.6 Å². The first-order valence-electron chi connectivity index (χ1n) is 13.7. The van der Waals surface area contributed by atoms with E-state index in [-0.39, 0.29) is 0 Å². The fraction of sp³-hybridized carbons (Fsp3) is 0.0833. The standard InChI is InChI=1S/C36H26N2O4/c1-41-23-16-18-30-27(20-23)33(25-12-6-8-14-29(25)37-30)34-26-13-7-9-15-31(26)38(32-19-17-24(42-2)21-28(32)34)35(36(39)40)22-10-4-3-5-11-22/h3-21,35H,1-2H3/p+1. The van der Waals surface area contributed by atoms with Crippen molar-refractivity contribution < 1.29 is 23.9 Å². The highest BCUT2D eigenvalue weighted by Gasteiger charge is 2.35. The third kappa shape index (κ3) is 3.99. The maximum atomic E-state index is 13.0. The molecule has 1 atom stereocenters. The molecule has 2 aromatic heterocycles. The number of benzene rings is 5. The number of carbonyl (C=O) groups is 1. The number of rotatable bonds is 6. The normalized spacial score (nSPS) is 12.1. The van der Waals surface area contributed by atoms with Crippen LogP contribution in [0, 0.1) is 0 Å². The smallest absolute Gasteiger partial charge is 0.378 e. The molecule has 0 aliphatic carbocycles. The summed E-state index contributed by atoms with van der Waals surface area (Å²) < 4.78 is 13.3. The molecule has 1 N–H and O–H groups in total. The lowest BCUT2D eigenvalue weighted by atomic mass is 9.89. The number of aromatic nitrogens is 2. The van der Waals surface area contributed by atoms with E-state index in [2.05, 4.69) is 12.1 Å². The molecular weight excluding hydrogens is 524 g/mol. The summed E-state index contributed by atoms with van der Waals surface area (Å²) in [7, 11) is 3.30. The molecule has 0 amide bonds. The van der Waals surface area contributed by atoms with Crippen LogP contribution in [0.4, 0.5) is 0 Å². The van der Waals surface area contributed by atoms with Gasteiger partial charge in [0.2, 0.25) is 11.0 Å². The molecule has 0 radical (unpaired) electrons. The molecule has 6 heteroatoms. The van der Waals surface area contributed by atoms with Gasteiger partial charge in [0.05, 0.1) is 36.0 Å². The number of carboxylic acids is 1. The molecule has 0 fully saturated rings. The molecule has 0 bridgehead atoms. The molecule has 204 valence electrons. The molecule has 0 aliphatic rings. The van der Waals surface area contributed by atoms with Gasteiger partial charge < -0.3 is 14.6 Å². The van der Waals surface area contributed by atoms with Gasteiger partial charge in [-0.15, -0.1) is 0 Å². The van der Waals surface area contributed by atoms with Crippen LogP contribution in [0.25, 0.3) is 54.7 Å². The summed E-state index contributed by atoms with van der Waals surface area (Å²) in [6.07, 6.45) is 0. The van der Waals surface area contributed by atoms with E-state index < -0.39 is 12.0 Å². The summed E-state index contributed by atoms with van der Waals surface area (Å²) in [5, 5.41) is 14.4. The molecule has 0 spiro atoms. The fourth-order valence-electron chi connectivity index (χ4n) is 6.07. The average Bonchev–Trinajstić information content (AvgIpc) is 3.03. The van der Waals surface area contributed by atoms with Gasteiger partial charge in [-0.3, -0.25) is 0 Å². The van der Waals surface area contributed by atoms with Crippen LogP contribution >= 0.6 is 0 Å². The number of carboxylic acid groups (broad SMARTS) is 1. The zero-order chi connectivity index (χ0) is 28.8. The largest absolute Gasteiger partial charge is 0.497 e. The van der Waals surface area contributed by atoms with Crippen LogP contribution in [0.5, 0.6) is 11.5 Å². The van der Waals surface area contributed by atoms with Gasteiger partial charge in [-0.2, -0.15) is 4.57 Å². The molecule has 0 saturated heterocycles. The number of hydrogen-bond acceptors (Lipinski definition) is 4. The van der Waals surface area contributed by atoms with Crippen molar-refractivity contribution in [3.05, 3.63) is 121 Å². The van der Waals surface area contributed by atoms with E-state index in [1.54, 1.807) is 14.2 Å². The zero-order valence-corrected chi connectivity index (χ0v) is 23.1. The van der Waals surface area contributed by atoms with E-state index in [4.69, 9.17) is 14.5 Å². The van der Waals surface area contributed by atoms with Crippen molar-refractivity contribution in [2.45, 2.75) is 6.04 Å². The third-order valence-corrected chi connectivity index (χ3v) is 7.91. The van der Waals surface area contributed by atoms with Crippen molar-refractivity contribution in [3.8, 4) is 22.6 Å².